The molecule has 21 heavy (non-hydrogen) atoms. The van der Waals surface area contributed by atoms with Crippen molar-refractivity contribution >= 4 is 5.69 Å². The molecule has 0 aliphatic carbocycles. The molecular formula is C16H15F2NO2. The number of hydrogen-bond donors (Lipinski definition) is 0. The zero-order valence-electron chi connectivity index (χ0n) is 11.6. The van der Waals surface area contributed by atoms with Gasteiger partial charge in [-0.15, -0.1) is 0 Å². The summed E-state index contributed by atoms with van der Waals surface area (Å²) < 4.78 is 27.2. The highest BCUT2D eigenvalue weighted by atomic mass is 19.1. The zero-order chi connectivity index (χ0) is 15.4. The maximum atomic E-state index is 13.9. The van der Waals surface area contributed by atoms with Gasteiger partial charge in [0.25, 0.3) is 5.69 Å². The molecule has 0 aliphatic rings. The minimum absolute atomic E-state index is 0.281. The lowest BCUT2D eigenvalue weighted by Gasteiger charge is -2.07. The van der Waals surface area contributed by atoms with Crippen molar-refractivity contribution in [2.24, 2.45) is 0 Å². The van der Waals surface area contributed by atoms with E-state index in [1.165, 1.54) is 12.1 Å². The lowest BCUT2D eigenvalue weighted by Crippen LogP contribution is -2.02. The third kappa shape index (κ3) is 3.62. The highest BCUT2D eigenvalue weighted by molar-refractivity contribution is 5.65. The van der Waals surface area contributed by atoms with Gasteiger partial charge in [-0.3, -0.25) is 10.1 Å². The molecule has 0 bridgehead atoms. The summed E-state index contributed by atoms with van der Waals surface area (Å²) >= 11 is 0. The predicted molar refractivity (Wildman–Crippen MR) is 77.4 cm³/mol. The van der Waals surface area contributed by atoms with Crippen LogP contribution in [0.2, 0.25) is 0 Å². The van der Waals surface area contributed by atoms with Crippen LogP contribution in [0.4, 0.5) is 14.5 Å². The molecule has 0 spiro atoms. The first-order valence-electron chi connectivity index (χ1n) is 6.68. The summed E-state index contributed by atoms with van der Waals surface area (Å²) in [5, 5.41) is 10.6. The van der Waals surface area contributed by atoms with Crippen LogP contribution in [-0.2, 0) is 6.42 Å². The van der Waals surface area contributed by atoms with E-state index in [2.05, 4.69) is 0 Å². The van der Waals surface area contributed by atoms with Crippen molar-refractivity contribution in [3.05, 3.63) is 64.0 Å². The van der Waals surface area contributed by atoms with Crippen LogP contribution in [0, 0.1) is 15.9 Å². The number of rotatable bonds is 5. The minimum atomic E-state index is -0.882. The zero-order valence-corrected chi connectivity index (χ0v) is 11.6. The summed E-state index contributed by atoms with van der Waals surface area (Å²) in [6.45, 7) is 1.78. The quantitative estimate of drug-likeness (QED) is 0.592. The summed E-state index contributed by atoms with van der Waals surface area (Å²) in [6, 6.07) is 10.4. The molecule has 2 rings (SSSR count). The van der Waals surface area contributed by atoms with Crippen molar-refractivity contribution in [3.8, 4) is 11.1 Å². The summed E-state index contributed by atoms with van der Waals surface area (Å²) in [5.41, 5.74) is 1.46. The van der Waals surface area contributed by atoms with E-state index in [4.69, 9.17) is 0 Å². The SMILES string of the molecule is CCC(F)Cc1ccc(-c2ccc([N+](=O)[O-])cc2F)cc1. The third-order valence-electron chi connectivity index (χ3n) is 3.33. The van der Waals surface area contributed by atoms with Crippen LogP contribution in [0.5, 0.6) is 0 Å². The second-order valence-electron chi connectivity index (χ2n) is 4.83. The van der Waals surface area contributed by atoms with Gasteiger partial charge in [-0.05, 0) is 23.6 Å². The maximum absolute atomic E-state index is 13.9. The Labute approximate surface area is 121 Å². The number of nitro groups is 1. The molecule has 0 heterocycles. The standard InChI is InChI=1S/C16H15F2NO2/c1-2-13(17)9-11-3-5-12(6-4-11)15-8-7-14(19(20)21)10-16(15)18/h3-8,10,13H,2,9H2,1H3. The Balaban J connectivity index is 2.24. The Morgan fingerprint density at radius 2 is 1.86 bits per heavy atom. The van der Waals surface area contributed by atoms with Crippen molar-refractivity contribution in [3.63, 3.8) is 0 Å². The van der Waals surface area contributed by atoms with Crippen molar-refractivity contribution in [1.29, 1.82) is 0 Å². The second kappa shape index (κ2) is 6.43. The first kappa shape index (κ1) is 15.1. The highest BCUT2D eigenvalue weighted by Crippen LogP contribution is 2.26. The van der Waals surface area contributed by atoms with Gasteiger partial charge in [-0.25, -0.2) is 8.78 Å². The van der Waals surface area contributed by atoms with Gasteiger partial charge in [0.2, 0.25) is 0 Å². The fourth-order valence-electron chi connectivity index (χ4n) is 2.07. The molecule has 0 fully saturated rings. The van der Waals surface area contributed by atoms with Crippen molar-refractivity contribution < 1.29 is 13.7 Å². The average Bonchev–Trinajstić information content (AvgIpc) is 2.48. The van der Waals surface area contributed by atoms with Crippen LogP contribution >= 0.6 is 0 Å². The lowest BCUT2D eigenvalue weighted by atomic mass is 10.0. The number of halogens is 2. The Hall–Kier alpha value is -2.30. The predicted octanol–water partition coefficient (Wildman–Crippen LogP) is 4.69. The highest BCUT2D eigenvalue weighted by Gasteiger charge is 2.12. The summed E-state index contributed by atoms with van der Waals surface area (Å²) in [6.07, 6.45) is -0.0925. The van der Waals surface area contributed by atoms with Gasteiger partial charge in [0, 0.05) is 18.1 Å². The monoisotopic (exact) mass is 291 g/mol. The van der Waals surface area contributed by atoms with E-state index >= 15 is 0 Å². The third-order valence-corrected chi connectivity index (χ3v) is 3.33. The topological polar surface area (TPSA) is 43.1 Å². The molecule has 0 aliphatic heterocycles. The van der Waals surface area contributed by atoms with E-state index in [0.29, 0.717) is 24.0 Å². The first-order chi connectivity index (χ1) is 10.0. The molecule has 0 saturated heterocycles. The number of benzene rings is 2. The Morgan fingerprint density at radius 3 is 2.38 bits per heavy atom. The van der Waals surface area contributed by atoms with E-state index in [1.807, 2.05) is 0 Å². The molecule has 0 saturated carbocycles. The second-order valence-corrected chi connectivity index (χ2v) is 4.83. The molecular weight excluding hydrogens is 276 g/mol. The van der Waals surface area contributed by atoms with E-state index < -0.39 is 16.9 Å². The molecule has 0 aromatic heterocycles. The van der Waals surface area contributed by atoms with E-state index in [9.17, 15) is 18.9 Å². The van der Waals surface area contributed by atoms with Gasteiger partial charge < -0.3 is 0 Å². The number of alkyl halides is 1. The van der Waals surface area contributed by atoms with Crippen molar-refractivity contribution in [2.75, 3.05) is 0 Å². The molecule has 5 heteroatoms. The molecule has 0 amide bonds. The van der Waals surface area contributed by atoms with Gasteiger partial charge in [0.15, 0.2) is 0 Å². The number of nitro benzene ring substituents is 1. The first-order valence-corrected chi connectivity index (χ1v) is 6.68. The molecule has 110 valence electrons. The lowest BCUT2D eigenvalue weighted by molar-refractivity contribution is -0.385. The van der Waals surface area contributed by atoms with Crippen LogP contribution in [-0.4, -0.2) is 11.1 Å². The molecule has 2 aromatic carbocycles. The summed E-state index contributed by atoms with van der Waals surface area (Å²) in [5.74, 6) is -0.645. The normalized spacial score (nSPS) is 12.1. The Kier molecular flexibility index (Phi) is 4.62. The van der Waals surface area contributed by atoms with Crippen LogP contribution in [0.25, 0.3) is 11.1 Å². The average molecular weight is 291 g/mol. The summed E-state index contributed by atoms with van der Waals surface area (Å²) in [4.78, 5) is 9.94. The van der Waals surface area contributed by atoms with Crippen LogP contribution < -0.4 is 0 Å². The largest absolute Gasteiger partial charge is 0.272 e. The molecule has 0 N–H and O–H groups in total. The molecule has 2 aromatic rings. The Morgan fingerprint density at radius 1 is 1.19 bits per heavy atom. The fourth-order valence-corrected chi connectivity index (χ4v) is 2.07. The molecule has 1 atom stereocenters. The van der Waals surface area contributed by atoms with Crippen LogP contribution in [0.3, 0.4) is 0 Å². The van der Waals surface area contributed by atoms with E-state index in [1.54, 1.807) is 31.2 Å². The number of non-ortho nitro benzene ring substituents is 1. The minimum Gasteiger partial charge on any atom is -0.258 e. The van der Waals surface area contributed by atoms with Crippen LogP contribution in [0.1, 0.15) is 18.9 Å². The Bertz CT molecular complexity index is 641. The van der Waals surface area contributed by atoms with Gasteiger partial charge in [-0.1, -0.05) is 31.2 Å². The smallest absolute Gasteiger partial charge is 0.258 e. The fraction of sp³-hybridized carbons (Fsp3) is 0.250. The van der Waals surface area contributed by atoms with Gasteiger partial charge in [-0.2, -0.15) is 0 Å². The van der Waals surface area contributed by atoms with Gasteiger partial charge >= 0.3 is 0 Å². The number of hydrogen-bond acceptors (Lipinski definition) is 2. The number of nitrogens with zero attached hydrogens (tertiary/aromatic N) is 1. The van der Waals surface area contributed by atoms with E-state index in [0.717, 1.165) is 11.6 Å². The molecule has 3 nitrogen and oxygen atoms in total. The van der Waals surface area contributed by atoms with Crippen molar-refractivity contribution in [1.82, 2.24) is 0 Å². The summed E-state index contributed by atoms with van der Waals surface area (Å²) in [7, 11) is 0. The van der Waals surface area contributed by atoms with Gasteiger partial charge in [0.05, 0.1) is 11.0 Å². The van der Waals surface area contributed by atoms with Crippen LogP contribution in [0.15, 0.2) is 42.5 Å². The van der Waals surface area contributed by atoms with Gasteiger partial charge in [0.1, 0.15) is 12.0 Å². The molecule has 1 unspecified atom stereocenters. The van der Waals surface area contributed by atoms with E-state index in [-0.39, 0.29) is 5.69 Å². The van der Waals surface area contributed by atoms with Crippen molar-refractivity contribution in [2.45, 2.75) is 25.9 Å². The maximum Gasteiger partial charge on any atom is 0.272 e. The molecule has 0 radical (unpaired) electrons.